The van der Waals surface area contributed by atoms with Crippen LogP contribution in [0.3, 0.4) is 0 Å². The number of carbonyl (C=O) groups is 1. The Morgan fingerprint density at radius 2 is 2.50 bits per heavy atom. The van der Waals surface area contributed by atoms with Crippen molar-refractivity contribution in [2.24, 2.45) is 7.05 Å². The standard InChI is InChI=1S/C9H9N3O3S/c1-12-3-6(10-11-12)4-15-7-2-8(9(13)14)16-5-7/h2-3,5H,4H2,1H3,(H,13,14). The molecule has 0 spiro atoms. The van der Waals surface area contributed by atoms with Gasteiger partial charge < -0.3 is 9.84 Å². The number of carboxylic acids is 1. The zero-order valence-electron chi connectivity index (χ0n) is 8.45. The quantitative estimate of drug-likeness (QED) is 0.866. The van der Waals surface area contributed by atoms with Gasteiger partial charge in [0.2, 0.25) is 0 Å². The van der Waals surface area contributed by atoms with Gasteiger partial charge in [0.05, 0.1) is 6.20 Å². The van der Waals surface area contributed by atoms with Crippen molar-refractivity contribution in [3.05, 3.63) is 28.2 Å². The van der Waals surface area contributed by atoms with Crippen molar-refractivity contribution in [1.82, 2.24) is 15.0 Å². The summed E-state index contributed by atoms with van der Waals surface area (Å²) < 4.78 is 6.95. The van der Waals surface area contributed by atoms with Gasteiger partial charge in [-0.25, -0.2) is 4.79 Å². The summed E-state index contributed by atoms with van der Waals surface area (Å²) >= 11 is 1.13. The molecule has 16 heavy (non-hydrogen) atoms. The monoisotopic (exact) mass is 239 g/mol. The van der Waals surface area contributed by atoms with E-state index in [0.717, 1.165) is 11.3 Å². The van der Waals surface area contributed by atoms with Gasteiger partial charge in [-0.15, -0.1) is 16.4 Å². The topological polar surface area (TPSA) is 77.2 Å². The number of aryl methyl sites for hydroxylation is 1. The van der Waals surface area contributed by atoms with E-state index in [0.29, 0.717) is 11.4 Å². The van der Waals surface area contributed by atoms with Crippen molar-refractivity contribution in [3.63, 3.8) is 0 Å². The van der Waals surface area contributed by atoms with E-state index < -0.39 is 5.97 Å². The number of nitrogens with zero attached hydrogens (tertiary/aromatic N) is 3. The lowest BCUT2D eigenvalue weighted by Gasteiger charge is -1.98. The lowest BCUT2D eigenvalue weighted by molar-refractivity contribution is 0.0702. The molecule has 0 saturated heterocycles. The number of rotatable bonds is 4. The highest BCUT2D eigenvalue weighted by Gasteiger charge is 2.08. The van der Waals surface area contributed by atoms with Crippen LogP contribution in [-0.2, 0) is 13.7 Å². The summed E-state index contributed by atoms with van der Waals surface area (Å²) in [7, 11) is 1.77. The van der Waals surface area contributed by atoms with Gasteiger partial charge in [-0.2, -0.15) is 0 Å². The molecule has 0 atom stereocenters. The van der Waals surface area contributed by atoms with E-state index in [-0.39, 0.29) is 11.5 Å². The zero-order valence-corrected chi connectivity index (χ0v) is 9.27. The largest absolute Gasteiger partial charge is 0.486 e. The van der Waals surface area contributed by atoms with Gasteiger partial charge in [0.25, 0.3) is 0 Å². The molecule has 0 radical (unpaired) electrons. The zero-order chi connectivity index (χ0) is 11.5. The fourth-order valence-corrected chi connectivity index (χ4v) is 1.79. The third-order valence-corrected chi connectivity index (χ3v) is 2.72. The van der Waals surface area contributed by atoms with Crippen molar-refractivity contribution in [2.45, 2.75) is 6.61 Å². The highest BCUT2D eigenvalue weighted by molar-refractivity contribution is 7.12. The first-order valence-corrected chi connectivity index (χ1v) is 5.33. The average molecular weight is 239 g/mol. The maximum absolute atomic E-state index is 10.6. The lowest BCUT2D eigenvalue weighted by atomic mass is 10.4. The molecule has 2 aromatic heterocycles. The minimum Gasteiger partial charge on any atom is -0.486 e. The molecule has 0 aliphatic rings. The van der Waals surface area contributed by atoms with Gasteiger partial charge in [-0.05, 0) is 0 Å². The molecule has 0 bridgehead atoms. The Balaban J connectivity index is 1.97. The predicted molar refractivity (Wildman–Crippen MR) is 56.6 cm³/mol. The van der Waals surface area contributed by atoms with Crippen LogP contribution in [0.15, 0.2) is 17.6 Å². The average Bonchev–Trinajstić information content (AvgIpc) is 2.83. The third-order valence-electron chi connectivity index (χ3n) is 1.82. The summed E-state index contributed by atoms with van der Waals surface area (Å²) in [5, 5.41) is 18.0. The summed E-state index contributed by atoms with van der Waals surface area (Å²) in [6.07, 6.45) is 1.74. The lowest BCUT2D eigenvalue weighted by Crippen LogP contribution is -1.95. The van der Waals surface area contributed by atoms with Gasteiger partial charge in [0, 0.05) is 18.5 Å². The number of hydrogen-bond donors (Lipinski definition) is 1. The molecule has 0 unspecified atom stereocenters. The Labute approximate surface area is 95.1 Å². The second-order valence-electron chi connectivity index (χ2n) is 3.12. The molecule has 2 heterocycles. The summed E-state index contributed by atoms with van der Waals surface area (Å²) in [6, 6.07) is 1.49. The van der Waals surface area contributed by atoms with Crippen LogP contribution in [-0.4, -0.2) is 26.1 Å². The summed E-state index contributed by atoms with van der Waals surface area (Å²) in [5.41, 5.74) is 0.700. The molecule has 0 aromatic carbocycles. The van der Waals surface area contributed by atoms with E-state index in [9.17, 15) is 4.79 Å². The Morgan fingerprint density at radius 1 is 1.69 bits per heavy atom. The molecular weight excluding hydrogens is 230 g/mol. The van der Waals surface area contributed by atoms with Crippen molar-refractivity contribution in [2.75, 3.05) is 0 Å². The highest BCUT2D eigenvalue weighted by Crippen LogP contribution is 2.22. The first-order chi connectivity index (χ1) is 7.65. The highest BCUT2D eigenvalue weighted by atomic mass is 32.1. The molecule has 0 aliphatic carbocycles. The predicted octanol–water partition coefficient (Wildman–Crippen LogP) is 1.15. The molecule has 0 aliphatic heterocycles. The van der Waals surface area contributed by atoms with E-state index >= 15 is 0 Å². The van der Waals surface area contributed by atoms with Gasteiger partial charge in [-0.3, -0.25) is 4.68 Å². The van der Waals surface area contributed by atoms with E-state index in [1.54, 1.807) is 23.3 Å². The SMILES string of the molecule is Cn1cc(COc2csc(C(=O)O)c2)nn1. The van der Waals surface area contributed by atoms with Crippen LogP contribution < -0.4 is 4.74 Å². The third kappa shape index (κ3) is 2.37. The minimum absolute atomic E-state index is 0.258. The Bertz CT molecular complexity index is 506. The summed E-state index contributed by atoms with van der Waals surface area (Å²) in [6.45, 7) is 0.281. The van der Waals surface area contributed by atoms with Gasteiger partial charge in [-0.1, -0.05) is 5.21 Å². The minimum atomic E-state index is -0.945. The molecule has 84 valence electrons. The molecule has 6 nitrogen and oxygen atoms in total. The molecular formula is C9H9N3O3S. The van der Waals surface area contributed by atoms with Crippen LogP contribution in [0.5, 0.6) is 5.75 Å². The molecule has 2 rings (SSSR count). The molecule has 0 amide bonds. The smallest absolute Gasteiger partial charge is 0.346 e. The maximum Gasteiger partial charge on any atom is 0.346 e. The summed E-state index contributed by atoms with van der Waals surface area (Å²) in [5.74, 6) is -0.410. The second kappa shape index (κ2) is 4.31. The van der Waals surface area contributed by atoms with Crippen molar-refractivity contribution < 1.29 is 14.6 Å². The van der Waals surface area contributed by atoms with Gasteiger partial charge in [0.1, 0.15) is 22.9 Å². The second-order valence-corrected chi connectivity index (χ2v) is 4.04. The molecule has 2 aromatic rings. The van der Waals surface area contributed by atoms with Crippen LogP contribution in [0.4, 0.5) is 0 Å². The number of carboxylic acid groups (broad SMARTS) is 1. The number of aromatic nitrogens is 3. The molecule has 1 N–H and O–H groups in total. The van der Waals surface area contributed by atoms with Crippen LogP contribution >= 0.6 is 11.3 Å². The normalized spacial score (nSPS) is 10.3. The first-order valence-electron chi connectivity index (χ1n) is 4.45. The van der Waals surface area contributed by atoms with Crippen LogP contribution in [0, 0.1) is 0 Å². The Morgan fingerprint density at radius 3 is 3.06 bits per heavy atom. The van der Waals surface area contributed by atoms with Gasteiger partial charge in [0.15, 0.2) is 0 Å². The number of ether oxygens (including phenoxy) is 1. The van der Waals surface area contributed by atoms with E-state index in [1.807, 2.05) is 0 Å². The number of aromatic carboxylic acids is 1. The molecule has 0 saturated carbocycles. The number of hydrogen-bond acceptors (Lipinski definition) is 5. The van der Waals surface area contributed by atoms with Crippen LogP contribution in [0.1, 0.15) is 15.4 Å². The van der Waals surface area contributed by atoms with Crippen LogP contribution in [0.2, 0.25) is 0 Å². The molecule has 7 heteroatoms. The fourth-order valence-electron chi connectivity index (χ4n) is 1.13. The van der Waals surface area contributed by atoms with Crippen LogP contribution in [0.25, 0.3) is 0 Å². The van der Waals surface area contributed by atoms with Crippen molar-refractivity contribution >= 4 is 17.3 Å². The number of thiophene rings is 1. The molecule has 0 fully saturated rings. The van der Waals surface area contributed by atoms with Crippen molar-refractivity contribution in [3.8, 4) is 5.75 Å². The first kappa shape index (κ1) is 10.6. The Hall–Kier alpha value is -1.89. The van der Waals surface area contributed by atoms with Crippen molar-refractivity contribution in [1.29, 1.82) is 0 Å². The van der Waals surface area contributed by atoms with E-state index in [2.05, 4.69) is 10.3 Å². The van der Waals surface area contributed by atoms with E-state index in [1.165, 1.54) is 6.07 Å². The summed E-state index contributed by atoms with van der Waals surface area (Å²) in [4.78, 5) is 10.9. The Kier molecular flexibility index (Phi) is 2.86. The maximum atomic E-state index is 10.6. The van der Waals surface area contributed by atoms with Gasteiger partial charge >= 0.3 is 5.97 Å². The fraction of sp³-hybridized carbons (Fsp3) is 0.222. The van der Waals surface area contributed by atoms with E-state index in [4.69, 9.17) is 9.84 Å².